The molecular weight excluding hydrogens is 238 g/mol. The minimum absolute atomic E-state index is 0.332. The first kappa shape index (κ1) is 15.8. The van der Waals surface area contributed by atoms with Gasteiger partial charge in [-0.3, -0.25) is 0 Å². The predicted molar refractivity (Wildman–Crippen MR) is 79.9 cm³/mol. The van der Waals surface area contributed by atoms with Crippen molar-refractivity contribution in [3.63, 3.8) is 0 Å². The van der Waals surface area contributed by atoms with E-state index < -0.39 is 0 Å². The van der Waals surface area contributed by atoms with E-state index in [4.69, 9.17) is 9.47 Å². The molecule has 0 heterocycles. The maximum absolute atomic E-state index is 5.27. The first-order valence-electron chi connectivity index (χ1n) is 6.79. The van der Waals surface area contributed by atoms with Gasteiger partial charge in [0.05, 0.1) is 14.2 Å². The molecule has 1 aromatic carbocycles. The van der Waals surface area contributed by atoms with Crippen LogP contribution >= 0.6 is 0 Å². The zero-order chi connectivity index (χ0) is 14.5. The Bertz CT molecular complexity index is 374. The first-order chi connectivity index (χ1) is 8.86. The maximum atomic E-state index is 5.27. The average Bonchev–Trinajstić information content (AvgIpc) is 2.37. The molecule has 1 rings (SSSR count). The van der Waals surface area contributed by atoms with E-state index in [2.05, 4.69) is 33.0 Å². The highest BCUT2D eigenvalue weighted by atomic mass is 16.5. The Labute approximate surface area is 117 Å². The molecule has 0 amide bonds. The number of ether oxygens (including phenoxy) is 2. The number of hydrogen-bond acceptors (Lipinski definition) is 3. The lowest BCUT2D eigenvalue weighted by atomic mass is 9.82. The third-order valence-electron chi connectivity index (χ3n) is 3.67. The van der Waals surface area contributed by atoms with Crippen molar-refractivity contribution in [1.82, 2.24) is 5.32 Å². The van der Waals surface area contributed by atoms with Gasteiger partial charge in [-0.1, -0.05) is 27.7 Å². The molecule has 19 heavy (non-hydrogen) atoms. The van der Waals surface area contributed by atoms with Crippen LogP contribution < -0.4 is 14.8 Å². The predicted octanol–water partition coefficient (Wildman–Crippen LogP) is 3.48. The van der Waals surface area contributed by atoms with E-state index in [1.165, 1.54) is 5.56 Å². The second kappa shape index (κ2) is 6.80. The molecule has 0 aliphatic rings. The molecule has 0 spiro atoms. The third-order valence-corrected chi connectivity index (χ3v) is 3.67. The summed E-state index contributed by atoms with van der Waals surface area (Å²) in [5.41, 5.74) is 1.51. The lowest BCUT2D eigenvalue weighted by Crippen LogP contribution is -2.29. The van der Waals surface area contributed by atoms with Crippen LogP contribution in [0, 0.1) is 11.3 Å². The van der Waals surface area contributed by atoms with Crippen molar-refractivity contribution in [2.24, 2.45) is 11.3 Å². The average molecular weight is 265 g/mol. The maximum Gasteiger partial charge on any atom is 0.122 e. The Kier molecular flexibility index (Phi) is 5.67. The Hall–Kier alpha value is -1.22. The van der Waals surface area contributed by atoms with Crippen molar-refractivity contribution in [3.8, 4) is 11.5 Å². The van der Waals surface area contributed by atoms with Gasteiger partial charge >= 0.3 is 0 Å². The summed E-state index contributed by atoms with van der Waals surface area (Å²) in [6, 6.07) is 5.97. The molecule has 0 saturated heterocycles. The highest BCUT2D eigenvalue weighted by molar-refractivity contribution is 5.38. The second-order valence-electron chi connectivity index (χ2n) is 6.12. The van der Waals surface area contributed by atoms with Gasteiger partial charge in [-0.25, -0.2) is 0 Å². The van der Waals surface area contributed by atoms with E-state index in [0.717, 1.165) is 24.6 Å². The number of benzene rings is 1. The van der Waals surface area contributed by atoms with Gasteiger partial charge in [0.15, 0.2) is 0 Å². The van der Waals surface area contributed by atoms with Crippen LogP contribution in [0.15, 0.2) is 18.2 Å². The van der Waals surface area contributed by atoms with Crippen molar-refractivity contribution < 1.29 is 9.47 Å². The van der Waals surface area contributed by atoms with E-state index in [0.29, 0.717) is 11.3 Å². The zero-order valence-electron chi connectivity index (χ0n) is 13.0. The van der Waals surface area contributed by atoms with Crippen molar-refractivity contribution >= 4 is 0 Å². The Morgan fingerprint density at radius 1 is 1.05 bits per heavy atom. The van der Waals surface area contributed by atoms with Gasteiger partial charge < -0.3 is 14.8 Å². The minimum atomic E-state index is 0.332. The van der Waals surface area contributed by atoms with Crippen LogP contribution in [0.2, 0.25) is 0 Å². The van der Waals surface area contributed by atoms with E-state index in [1.54, 1.807) is 14.2 Å². The fraction of sp³-hybridized carbons (Fsp3) is 0.625. The summed E-state index contributed by atoms with van der Waals surface area (Å²) in [7, 11) is 3.35. The minimum Gasteiger partial charge on any atom is -0.497 e. The van der Waals surface area contributed by atoms with Gasteiger partial charge in [-0.05, 0) is 35.6 Å². The SMILES string of the molecule is COc1cc(CNCC(C)C(C)(C)C)cc(OC)c1. The van der Waals surface area contributed by atoms with Crippen molar-refractivity contribution in [2.75, 3.05) is 20.8 Å². The van der Waals surface area contributed by atoms with Gasteiger partial charge in [-0.2, -0.15) is 0 Å². The van der Waals surface area contributed by atoms with Crippen molar-refractivity contribution in [2.45, 2.75) is 34.2 Å². The molecule has 0 bridgehead atoms. The highest BCUT2D eigenvalue weighted by Crippen LogP contribution is 2.25. The molecule has 108 valence electrons. The van der Waals surface area contributed by atoms with E-state index in [-0.39, 0.29) is 0 Å². The van der Waals surface area contributed by atoms with Crippen LogP contribution in [0.5, 0.6) is 11.5 Å². The number of methoxy groups -OCH3 is 2. The van der Waals surface area contributed by atoms with Crippen LogP contribution in [0.1, 0.15) is 33.3 Å². The summed E-state index contributed by atoms with van der Waals surface area (Å²) in [6.07, 6.45) is 0. The molecule has 3 nitrogen and oxygen atoms in total. The topological polar surface area (TPSA) is 30.5 Å². The fourth-order valence-corrected chi connectivity index (χ4v) is 1.71. The molecule has 0 saturated carbocycles. The van der Waals surface area contributed by atoms with Gasteiger partial charge in [0.25, 0.3) is 0 Å². The number of nitrogens with one attached hydrogen (secondary N) is 1. The molecule has 3 heteroatoms. The fourth-order valence-electron chi connectivity index (χ4n) is 1.71. The standard InChI is InChI=1S/C16H27NO2/c1-12(16(2,3)4)10-17-11-13-7-14(18-5)9-15(8-13)19-6/h7-9,12,17H,10-11H2,1-6H3. The van der Waals surface area contributed by atoms with Gasteiger partial charge in [0.2, 0.25) is 0 Å². The monoisotopic (exact) mass is 265 g/mol. The summed E-state index contributed by atoms with van der Waals surface area (Å²) in [4.78, 5) is 0. The summed E-state index contributed by atoms with van der Waals surface area (Å²) in [5, 5.41) is 3.50. The smallest absolute Gasteiger partial charge is 0.122 e. The first-order valence-corrected chi connectivity index (χ1v) is 6.79. The van der Waals surface area contributed by atoms with Crippen molar-refractivity contribution in [3.05, 3.63) is 23.8 Å². The summed E-state index contributed by atoms with van der Waals surface area (Å²) in [6.45, 7) is 10.9. The lowest BCUT2D eigenvalue weighted by Gasteiger charge is -2.27. The highest BCUT2D eigenvalue weighted by Gasteiger charge is 2.19. The molecular formula is C16H27NO2. The van der Waals surface area contributed by atoms with Crippen LogP contribution in [0.3, 0.4) is 0 Å². The zero-order valence-corrected chi connectivity index (χ0v) is 13.0. The molecule has 0 aliphatic carbocycles. The summed E-state index contributed by atoms with van der Waals surface area (Å²) in [5.74, 6) is 2.29. The largest absolute Gasteiger partial charge is 0.497 e. The van der Waals surface area contributed by atoms with E-state index >= 15 is 0 Å². The van der Waals surface area contributed by atoms with Crippen LogP contribution in [0.25, 0.3) is 0 Å². The molecule has 1 aromatic rings. The quantitative estimate of drug-likeness (QED) is 0.854. The summed E-state index contributed by atoms with van der Waals surface area (Å²) < 4.78 is 10.5. The normalized spacial score (nSPS) is 13.2. The second-order valence-corrected chi connectivity index (χ2v) is 6.12. The van der Waals surface area contributed by atoms with E-state index in [1.807, 2.05) is 18.2 Å². The molecule has 1 atom stereocenters. The molecule has 0 aromatic heterocycles. The molecule has 0 radical (unpaired) electrons. The van der Waals surface area contributed by atoms with Gasteiger partial charge in [0, 0.05) is 12.6 Å². The van der Waals surface area contributed by atoms with Gasteiger partial charge in [0.1, 0.15) is 11.5 Å². The summed E-state index contributed by atoms with van der Waals surface area (Å²) >= 11 is 0. The lowest BCUT2D eigenvalue weighted by molar-refractivity contribution is 0.252. The van der Waals surface area contributed by atoms with Gasteiger partial charge in [-0.15, -0.1) is 0 Å². The Morgan fingerprint density at radius 3 is 2.00 bits per heavy atom. The molecule has 0 fully saturated rings. The van der Waals surface area contributed by atoms with Crippen LogP contribution in [-0.4, -0.2) is 20.8 Å². The Morgan fingerprint density at radius 2 is 1.58 bits per heavy atom. The number of rotatable bonds is 6. The number of hydrogen-bond donors (Lipinski definition) is 1. The Balaban J connectivity index is 2.58. The van der Waals surface area contributed by atoms with Crippen LogP contribution in [0.4, 0.5) is 0 Å². The third kappa shape index (κ3) is 5.11. The van der Waals surface area contributed by atoms with Crippen LogP contribution in [-0.2, 0) is 6.54 Å². The van der Waals surface area contributed by atoms with Crippen molar-refractivity contribution in [1.29, 1.82) is 0 Å². The van der Waals surface area contributed by atoms with E-state index in [9.17, 15) is 0 Å². The molecule has 0 aliphatic heterocycles. The molecule has 1 N–H and O–H groups in total. The molecule has 1 unspecified atom stereocenters.